The standard InChI is InChI=1S/C14H16Cl2F3N5O/c1-8-12(16)13(14(17,18)19)21-24(8)5-4-11(25)22(2)7-10-9(15)6-20-23(10)3/h6H,4-5,7H2,1-3H3. The Balaban J connectivity index is 2.03. The largest absolute Gasteiger partial charge is 0.436 e. The van der Waals surface area contributed by atoms with Gasteiger partial charge >= 0.3 is 6.18 Å². The van der Waals surface area contributed by atoms with Crippen molar-refractivity contribution in [3.8, 4) is 0 Å². The van der Waals surface area contributed by atoms with Crippen molar-refractivity contribution in [3.63, 3.8) is 0 Å². The number of amides is 1. The van der Waals surface area contributed by atoms with Crippen LogP contribution in [0.25, 0.3) is 0 Å². The lowest BCUT2D eigenvalue weighted by Crippen LogP contribution is -2.28. The lowest BCUT2D eigenvalue weighted by atomic mass is 10.3. The third-order valence-electron chi connectivity index (χ3n) is 3.76. The Labute approximate surface area is 152 Å². The molecule has 138 valence electrons. The fourth-order valence-electron chi connectivity index (χ4n) is 2.24. The molecular weight excluding hydrogens is 382 g/mol. The van der Waals surface area contributed by atoms with E-state index in [9.17, 15) is 18.0 Å². The molecule has 0 spiro atoms. The van der Waals surface area contributed by atoms with Crippen molar-refractivity contribution >= 4 is 29.1 Å². The highest BCUT2D eigenvalue weighted by molar-refractivity contribution is 6.32. The van der Waals surface area contributed by atoms with E-state index in [1.807, 2.05) is 0 Å². The van der Waals surface area contributed by atoms with Gasteiger partial charge in [0.05, 0.1) is 40.7 Å². The molecule has 0 fully saturated rings. The molecule has 0 radical (unpaired) electrons. The molecule has 2 rings (SSSR count). The van der Waals surface area contributed by atoms with Crippen molar-refractivity contribution in [2.75, 3.05) is 7.05 Å². The van der Waals surface area contributed by atoms with Crippen LogP contribution in [0.3, 0.4) is 0 Å². The van der Waals surface area contributed by atoms with Gasteiger partial charge < -0.3 is 4.90 Å². The molecule has 0 saturated heterocycles. The Morgan fingerprint density at radius 3 is 2.48 bits per heavy atom. The van der Waals surface area contributed by atoms with Crippen LogP contribution in [0.5, 0.6) is 0 Å². The zero-order valence-corrected chi connectivity index (χ0v) is 15.2. The molecule has 0 atom stereocenters. The van der Waals surface area contributed by atoms with Gasteiger partial charge in [-0.25, -0.2) is 0 Å². The van der Waals surface area contributed by atoms with Crippen LogP contribution in [-0.4, -0.2) is 37.4 Å². The number of hydrogen-bond donors (Lipinski definition) is 0. The molecule has 1 amide bonds. The van der Waals surface area contributed by atoms with Crippen molar-refractivity contribution in [1.29, 1.82) is 0 Å². The average Bonchev–Trinajstić information content (AvgIpc) is 2.99. The first kappa shape index (κ1) is 19.6. The molecule has 2 heterocycles. The molecule has 0 aliphatic carbocycles. The lowest BCUT2D eigenvalue weighted by molar-refractivity contribution is -0.141. The monoisotopic (exact) mass is 397 g/mol. The summed E-state index contributed by atoms with van der Waals surface area (Å²) in [5.74, 6) is -0.267. The number of carbonyl (C=O) groups is 1. The summed E-state index contributed by atoms with van der Waals surface area (Å²) in [4.78, 5) is 13.6. The summed E-state index contributed by atoms with van der Waals surface area (Å²) >= 11 is 11.7. The first-order chi connectivity index (χ1) is 11.5. The molecule has 11 heteroatoms. The first-order valence-electron chi connectivity index (χ1n) is 7.22. The van der Waals surface area contributed by atoms with Crippen LogP contribution in [0.4, 0.5) is 13.2 Å². The van der Waals surface area contributed by atoms with Crippen molar-refractivity contribution in [2.24, 2.45) is 7.05 Å². The highest BCUT2D eigenvalue weighted by atomic mass is 35.5. The quantitative estimate of drug-likeness (QED) is 0.777. The average molecular weight is 398 g/mol. The van der Waals surface area contributed by atoms with Gasteiger partial charge in [0.15, 0.2) is 5.69 Å². The Morgan fingerprint density at radius 2 is 2.00 bits per heavy atom. The third-order valence-corrected chi connectivity index (χ3v) is 4.53. The second-order valence-electron chi connectivity index (χ2n) is 5.53. The number of rotatable bonds is 5. The number of carbonyl (C=O) groups excluding carboxylic acids is 1. The number of hydrogen-bond acceptors (Lipinski definition) is 3. The molecule has 25 heavy (non-hydrogen) atoms. The molecule has 2 aromatic rings. The summed E-state index contributed by atoms with van der Waals surface area (Å²) in [5, 5.41) is 7.44. The van der Waals surface area contributed by atoms with Crippen LogP contribution in [0.2, 0.25) is 10.0 Å². The number of halogens is 5. The number of aromatic nitrogens is 4. The minimum Gasteiger partial charge on any atom is -0.340 e. The van der Waals surface area contributed by atoms with Gasteiger partial charge in [-0.05, 0) is 6.92 Å². The molecule has 0 N–H and O–H groups in total. The van der Waals surface area contributed by atoms with Crippen LogP contribution in [0.1, 0.15) is 23.5 Å². The normalized spacial score (nSPS) is 11.8. The predicted molar refractivity (Wildman–Crippen MR) is 86.3 cm³/mol. The summed E-state index contributed by atoms with van der Waals surface area (Å²) in [6, 6.07) is 0. The van der Waals surface area contributed by atoms with Gasteiger partial charge in [0.2, 0.25) is 5.91 Å². The fraction of sp³-hybridized carbons (Fsp3) is 0.500. The Kier molecular flexibility index (Phi) is 5.68. The van der Waals surface area contributed by atoms with Crippen LogP contribution in [0.15, 0.2) is 6.20 Å². The topological polar surface area (TPSA) is 56.0 Å². The minimum absolute atomic E-state index is 0.00999. The molecule has 0 bridgehead atoms. The third kappa shape index (κ3) is 4.27. The van der Waals surface area contributed by atoms with Gasteiger partial charge in [-0.1, -0.05) is 23.2 Å². The summed E-state index contributed by atoms with van der Waals surface area (Å²) in [6.07, 6.45) is -3.19. The van der Waals surface area contributed by atoms with Crippen LogP contribution in [-0.2, 0) is 31.1 Å². The van der Waals surface area contributed by atoms with E-state index in [2.05, 4.69) is 10.2 Å². The SMILES string of the molecule is Cc1c(Cl)c(C(F)(F)F)nn1CCC(=O)N(C)Cc1c(Cl)cnn1C. The Morgan fingerprint density at radius 1 is 1.36 bits per heavy atom. The minimum atomic E-state index is -4.63. The van der Waals surface area contributed by atoms with E-state index in [-0.39, 0.29) is 31.1 Å². The molecule has 0 aliphatic heterocycles. The zero-order chi connectivity index (χ0) is 18.9. The van der Waals surface area contributed by atoms with Gasteiger partial charge in [-0.3, -0.25) is 14.2 Å². The molecule has 0 saturated carbocycles. The highest BCUT2D eigenvalue weighted by Crippen LogP contribution is 2.35. The zero-order valence-electron chi connectivity index (χ0n) is 13.7. The van der Waals surface area contributed by atoms with Crippen LogP contribution in [0, 0.1) is 6.92 Å². The molecule has 0 aliphatic rings. The summed E-state index contributed by atoms with van der Waals surface area (Å²) < 4.78 is 41.0. The van der Waals surface area contributed by atoms with Crippen molar-refractivity contribution in [2.45, 2.75) is 32.6 Å². The van der Waals surface area contributed by atoms with Crippen molar-refractivity contribution < 1.29 is 18.0 Å². The second kappa shape index (κ2) is 7.25. The van der Waals surface area contributed by atoms with Gasteiger partial charge in [0.1, 0.15) is 0 Å². The molecule has 0 unspecified atom stereocenters. The molecule has 2 aromatic heterocycles. The Bertz CT molecular complexity index is 765. The van der Waals surface area contributed by atoms with E-state index in [1.54, 1.807) is 18.8 Å². The van der Waals surface area contributed by atoms with Gasteiger partial charge in [0.25, 0.3) is 0 Å². The molecule has 6 nitrogen and oxygen atoms in total. The fourth-order valence-corrected chi connectivity index (χ4v) is 2.71. The van der Waals surface area contributed by atoms with Gasteiger partial charge in [-0.2, -0.15) is 23.4 Å². The van der Waals surface area contributed by atoms with Crippen molar-refractivity contribution in [3.05, 3.63) is 33.3 Å². The van der Waals surface area contributed by atoms with E-state index in [0.29, 0.717) is 10.7 Å². The number of alkyl halides is 3. The van der Waals surface area contributed by atoms with E-state index in [0.717, 1.165) is 4.68 Å². The van der Waals surface area contributed by atoms with E-state index in [4.69, 9.17) is 23.2 Å². The van der Waals surface area contributed by atoms with E-state index in [1.165, 1.54) is 18.0 Å². The van der Waals surface area contributed by atoms with Gasteiger partial charge in [0, 0.05) is 20.5 Å². The molecule has 0 aromatic carbocycles. The smallest absolute Gasteiger partial charge is 0.340 e. The Hall–Kier alpha value is -1.74. The maximum absolute atomic E-state index is 12.8. The highest BCUT2D eigenvalue weighted by Gasteiger charge is 2.38. The van der Waals surface area contributed by atoms with Crippen molar-refractivity contribution in [1.82, 2.24) is 24.5 Å². The number of nitrogens with zero attached hydrogens (tertiary/aromatic N) is 5. The summed E-state index contributed by atoms with van der Waals surface area (Å²) in [5.41, 5.74) is -0.316. The predicted octanol–water partition coefficient (Wildman–Crippen LogP) is 3.30. The molecular formula is C14H16Cl2F3N5O. The van der Waals surface area contributed by atoms with Gasteiger partial charge in [-0.15, -0.1) is 0 Å². The lowest BCUT2D eigenvalue weighted by Gasteiger charge is -2.17. The second-order valence-corrected chi connectivity index (χ2v) is 6.32. The van der Waals surface area contributed by atoms with E-state index >= 15 is 0 Å². The van der Waals surface area contributed by atoms with Crippen LogP contribution >= 0.6 is 23.2 Å². The van der Waals surface area contributed by atoms with E-state index < -0.39 is 16.9 Å². The first-order valence-corrected chi connectivity index (χ1v) is 7.98. The maximum Gasteiger partial charge on any atom is 0.436 e. The van der Waals surface area contributed by atoms with Crippen LogP contribution < -0.4 is 0 Å². The maximum atomic E-state index is 12.8. The summed E-state index contributed by atoms with van der Waals surface area (Å²) in [6.45, 7) is 1.65. The summed E-state index contributed by atoms with van der Waals surface area (Å²) in [7, 11) is 3.28. The number of aryl methyl sites for hydroxylation is 2.